The number of hydrogen-bond acceptors (Lipinski definition) is 6. The van der Waals surface area contributed by atoms with Crippen LogP contribution in [0.1, 0.15) is 11.1 Å². The molecular formula is C16H17N5O2. The fourth-order valence-corrected chi connectivity index (χ4v) is 3.03. The first-order valence-corrected chi connectivity index (χ1v) is 7.42. The number of nitrogens with zero attached hydrogens (tertiary/aromatic N) is 5. The molecule has 0 atom stereocenters. The smallest absolute Gasteiger partial charge is 0.175 e. The van der Waals surface area contributed by atoms with Crippen molar-refractivity contribution in [2.24, 2.45) is 0 Å². The van der Waals surface area contributed by atoms with Gasteiger partial charge in [-0.3, -0.25) is 4.98 Å². The van der Waals surface area contributed by atoms with Crippen molar-refractivity contribution >= 4 is 11.5 Å². The minimum absolute atomic E-state index is 0.751. The van der Waals surface area contributed by atoms with E-state index in [1.165, 1.54) is 11.1 Å². The van der Waals surface area contributed by atoms with Crippen LogP contribution in [0.2, 0.25) is 0 Å². The van der Waals surface area contributed by atoms with Crippen molar-refractivity contribution in [2.45, 2.75) is 13.0 Å². The molecule has 0 N–H and O–H groups in total. The number of benzene rings is 1. The van der Waals surface area contributed by atoms with Crippen molar-refractivity contribution in [1.82, 2.24) is 19.6 Å². The Labute approximate surface area is 133 Å². The van der Waals surface area contributed by atoms with Crippen LogP contribution in [0.5, 0.6) is 11.5 Å². The number of rotatable bonds is 3. The molecule has 0 aliphatic carbocycles. The van der Waals surface area contributed by atoms with Gasteiger partial charge in [0, 0.05) is 13.1 Å². The summed E-state index contributed by atoms with van der Waals surface area (Å²) in [5.74, 6) is 2.48. The first kappa shape index (κ1) is 13.8. The second-order valence-corrected chi connectivity index (χ2v) is 5.44. The van der Waals surface area contributed by atoms with E-state index >= 15 is 0 Å². The molecule has 1 aliphatic rings. The lowest BCUT2D eigenvalue weighted by molar-refractivity contribution is 0.353. The monoisotopic (exact) mass is 311 g/mol. The van der Waals surface area contributed by atoms with E-state index in [0.717, 1.165) is 42.5 Å². The Kier molecular flexibility index (Phi) is 3.25. The van der Waals surface area contributed by atoms with Crippen molar-refractivity contribution in [1.29, 1.82) is 0 Å². The third-order valence-electron chi connectivity index (χ3n) is 4.21. The molecule has 0 radical (unpaired) electrons. The van der Waals surface area contributed by atoms with Crippen LogP contribution in [-0.2, 0) is 13.0 Å². The van der Waals surface area contributed by atoms with Gasteiger partial charge in [-0.2, -0.15) is 9.61 Å². The van der Waals surface area contributed by atoms with Gasteiger partial charge in [0.2, 0.25) is 0 Å². The molecule has 0 amide bonds. The summed E-state index contributed by atoms with van der Waals surface area (Å²) in [6.07, 6.45) is 6.02. The summed E-state index contributed by atoms with van der Waals surface area (Å²) in [4.78, 5) is 10.7. The van der Waals surface area contributed by atoms with Crippen LogP contribution in [-0.4, -0.2) is 40.3 Å². The van der Waals surface area contributed by atoms with E-state index in [1.807, 2.05) is 10.7 Å². The maximum atomic E-state index is 5.42. The van der Waals surface area contributed by atoms with Gasteiger partial charge in [-0.15, -0.1) is 0 Å². The van der Waals surface area contributed by atoms with Gasteiger partial charge in [-0.25, -0.2) is 4.98 Å². The molecule has 0 bridgehead atoms. The van der Waals surface area contributed by atoms with Crippen LogP contribution in [0.4, 0.5) is 5.82 Å². The largest absolute Gasteiger partial charge is 0.493 e. The molecule has 7 nitrogen and oxygen atoms in total. The van der Waals surface area contributed by atoms with E-state index in [-0.39, 0.29) is 0 Å². The van der Waals surface area contributed by atoms with Crippen LogP contribution in [0.15, 0.2) is 30.9 Å². The molecule has 118 valence electrons. The molecule has 23 heavy (non-hydrogen) atoms. The predicted octanol–water partition coefficient (Wildman–Crippen LogP) is 1.70. The lowest BCUT2D eigenvalue weighted by Gasteiger charge is -2.30. The number of aromatic nitrogens is 4. The Morgan fingerprint density at radius 3 is 2.61 bits per heavy atom. The molecule has 0 saturated heterocycles. The SMILES string of the molecule is COc1cc2c(cc1OC)CN(c1cncc3ncnn13)CC2. The first-order valence-electron chi connectivity index (χ1n) is 7.42. The third kappa shape index (κ3) is 2.25. The fraction of sp³-hybridized carbons (Fsp3) is 0.312. The lowest BCUT2D eigenvalue weighted by atomic mass is 9.99. The van der Waals surface area contributed by atoms with E-state index in [4.69, 9.17) is 9.47 Å². The van der Waals surface area contributed by atoms with Crippen LogP contribution in [0.3, 0.4) is 0 Å². The number of ether oxygens (including phenoxy) is 2. The summed E-state index contributed by atoms with van der Waals surface area (Å²) < 4.78 is 12.6. The van der Waals surface area contributed by atoms with Gasteiger partial charge in [-0.05, 0) is 29.7 Å². The summed E-state index contributed by atoms with van der Waals surface area (Å²) in [7, 11) is 3.32. The Morgan fingerprint density at radius 2 is 1.83 bits per heavy atom. The van der Waals surface area contributed by atoms with Crippen molar-refractivity contribution in [3.63, 3.8) is 0 Å². The normalized spacial score (nSPS) is 13.9. The van der Waals surface area contributed by atoms with Gasteiger partial charge >= 0.3 is 0 Å². The quantitative estimate of drug-likeness (QED) is 0.733. The highest BCUT2D eigenvalue weighted by Gasteiger charge is 2.21. The maximum absolute atomic E-state index is 5.42. The van der Waals surface area contributed by atoms with E-state index in [1.54, 1.807) is 26.7 Å². The number of fused-ring (bicyclic) bond motifs is 2. The molecule has 2 aromatic heterocycles. The number of anilines is 1. The summed E-state index contributed by atoms with van der Waals surface area (Å²) in [6, 6.07) is 4.12. The first-order chi connectivity index (χ1) is 11.3. The zero-order valence-electron chi connectivity index (χ0n) is 13.1. The van der Waals surface area contributed by atoms with E-state index in [0.29, 0.717) is 0 Å². The van der Waals surface area contributed by atoms with Gasteiger partial charge in [-0.1, -0.05) is 0 Å². The molecule has 0 saturated carbocycles. The molecule has 1 aromatic carbocycles. The van der Waals surface area contributed by atoms with E-state index < -0.39 is 0 Å². The van der Waals surface area contributed by atoms with Crippen molar-refractivity contribution in [3.8, 4) is 11.5 Å². The van der Waals surface area contributed by atoms with E-state index in [9.17, 15) is 0 Å². The van der Waals surface area contributed by atoms with Gasteiger partial charge in [0.05, 0.1) is 26.6 Å². The second-order valence-electron chi connectivity index (χ2n) is 5.44. The third-order valence-corrected chi connectivity index (χ3v) is 4.21. The Balaban J connectivity index is 1.72. The topological polar surface area (TPSA) is 64.8 Å². The van der Waals surface area contributed by atoms with Crippen LogP contribution in [0.25, 0.3) is 5.65 Å². The fourth-order valence-electron chi connectivity index (χ4n) is 3.03. The summed E-state index contributed by atoms with van der Waals surface area (Å²) in [6.45, 7) is 1.67. The van der Waals surface area contributed by atoms with Crippen LogP contribution >= 0.6 is 0 Å². The van der Waals surface area contributed by atoms with Crippen LogP contribution < -0.4 is 14.4 Å². The molecule has 3 aromatic rings. The highest BCUT2D eigenvalue weighted by atomic mass is 16.5. The zero-order chi connectivity index (χ0) is 15.8. The molecule has 0 fully saturated rings. The minimum atomic E-state index is 0.751. The number of methoxy groups -OCH3 is 2. The van der Waals surface area contributed by atoms with Crippen LogP contribution in [0, 0.1) is 0 Å². The predicted molar refractivity (Wildman–Crippen MR) is 85.1 cm³/mol. The van der Waals surface area contributed by atoms with Crippen molar-refractivity contribution < 1.29 is 9.47 Å². The summed E-state index contributed by atoms with van der Waals surface area (Å²) >= 11 is 0. The highest BCUT2D eigenvalue weighted by molar-refractivity contribution is 5.53. The summed E-state index contributed by atoms with van der Waals surface area (Å²) in [5.41, 5.74) is 3.27. The van der Waals surface area contributed by atoms with E-state index in [2.05, 4.69) is 32.1 Å². The summed E-state index contributed by atoms with van der Waals surface area (Å²) in [5, 5.41) is 4.29. The van der Waals surface area contributed by atoms with Gasteiger partial charge in [0.1, 0.15) is 6.33 Å². The average molecular weight is 311 g/mol. The maximum Gasteiger partial charge on any atom is 0.175 e. The highest BCUT2D eigenvalue weighted by Crippen LogP contribution is 2.34. The molecule has 0 unspecified atom stereocenters. The molecule has 1 aliphatic heterocycles. The average Bonchev–Trinajstić information content (AvgIpc) is 3.08. The Morgan fingerprint density at radius 1 is 1.04 bits per heavy atom. The standard InChI is InChI=1S/C16H17N5O2/c1-22-13-5-11-3-4-20(9-12(11)6-14(13)23-2)16-8-17-7-15-18-10-19-21(15)16/h5-8,10H,3-4,9H2,1-2H3. The second kappa shape index (κ2) is 5.42. The van der Waals surface area contributed by atoms with Gasteiger partial charge < -0.3 is 14.4 Å². The molecule has 3 heterocycles. The Hall–Kier alpha value is -2.83. The molecule has 7 heteroatoms. The molecule has 4 rings (SSSR count). The lowest BCUT2D eigenvalue weighted by Crippen LogP contribution is -2.32. The van der Waals surface area contributed by atoms with Crippen molar-refractivity contribution in [3.05, 3.63) is 42.0 Å². The Bertz CT molecular complexity index is 861. The molecule has 0 spiro atoms. The molecular weight excluding hydrogens is 294 g/mol. The van der Waals surface area contributed by atoms with Gasteiger partial charge in [0.25, 0.3) is 0 Å². The number of hydrogen-bond donors (Lipinski definition) is 0. The zero-order valence-corrected chi connectivity index (χ0v) is 13.1. The van der Waals surface area contributed by atoms with Gasteiger partial charge in [0.15, 0.2) is 23.0 Å². The minimum Gasteiger partial charge on any atom is -0.493 e. The van der Waals surface area contributed by atoms with Crippen molar-refractivity contribution in [2.75, 3.05) is 25.7 Å².